The van der Waals surface area contributed by atoms with Crippen LogP contribution in [-0.4, -0.2) is 47.1 Å². The molecule has 0 radical (unpaired) electrons. The molecule has 0 fully saturated rings. The van der Waals surface area contributed by atoms with Crippen LogP contribution < -0.4 is 10.9 Å². The second kappa shape index (κ2) is 10.6. The van der Waals surface area contributed by atoms with Gasteiger partial charge in [-0.25, -0.2) is 0 Å². The molecule has 0 aliphatic heterocycles. The molecule has 6 heteroatoms. The smallest absolute Gasteiger partial charge is 0.253 e. The molecule has 0 saturated carbocycles. The average Bonchev–Trinajstić information content (AvgIpc) is 2.76. The van der Waals surface area contributed by atoms with Crippen LogP contribution >= 0.6 is 12.2 Å². The van der Waals surface area contributed by atoms with Crippen LogP contribution in [-0.2, 0) is 19.4 Å². The van der Waals surface area contributed by atoms with Gasteiger partial charge in [0.2, 0.25) is 0 Å². The number of aryl methyl sites for hydroxylation is 2. The minimum atomic E-state index is -0.0679. The number of hydrogen-bond donors (Lipinski definition) is 2. The Bertz CT molecular complexity index is 1090. The van der Waals surface area contributed by atoms with Gasteiger partial charge < -0.3 is 20.1 Å². The number of benzene rings is 2. The van der Waals surface area contributed by atoms with Crippen LogP contribution in [0.4, 0.5) is 5.69 Å². The number of rotatable bonds is 8. The maximum atomic E-state index is 12.8. The quantitative estimate of drug-likeness (QED) is 0.512. The zero-order chi connectivity index (χ0) is 22.4. The maximum Gasteiger partial charge on any atom is 0.253 e. The lowest BCUT2D eigenvalue weighted by molar-refractivity contribution is 0.327. The Kier molecular flexibility index (Phi) is 7.82. The van der Waals surface area contributed by atoms with E-state index in [1.54, 1.807) is 0 Å². The van der Waals surface area contributed by atoms with Crippen molar-refractivity contribution >= 4 is 33.9 Å². The zero-order valence-electron chi connectivity index (χ0n) is 18.9. The van der Waals surface area contributed by atoms with Crippen molar-refractivity contribution in [2.24, 2.45) is 0 Å². The number of nitrogens with one attached hydrogen (secondary N) is 2. The lowest BCUT2D eigenvalue weighted by Gasteiger charge is -2.27. The summed E-state index contributed by atoms with van der Waals surface area (Å²) in [7, 11) is 4.07. The molecular weight excluding hydrogens is 404 g/mol. The zero-order valence-corrected chi connectivity index (χ0v) is 19.7. The number of hydrogen-bond acceptors (Lipinski definition) is 3. The van der Waals surface area contributed by atoms with Crippen LogP contribution in [0.25, 0.3) is 10.9 Å². The van der Waals surface area contributed by atoms with Gasteiger partial charge in [0, 0.05) is 29.9 Å². The number of anilines is 1. The number of pyridine rings is 1. The number of aromatic nitrogens is 1. The van der Waals surface area contributed by atoms with E-state index in [2.05, 4.69) is 58.2 Å². The van der Waals surface area contributed by atoms with Crippen molar-refractivity contribution < 1.29 is 0 Å². The molecular formula is C25H32N4OS. The highest BCUT2D eigenvalue weighted by Gasteiger charge is 2.14. The SMILES string of the molecule is CCc1ccc(NC(=S)N(CCN(C)C)Cc2cc3cc(CC)ccc3[nH]c2=O)cc1. The molecule has 0 amide bonds. The minimum absolute atomic E-state index is 0.0679. The summed E-state index contributed by atoms with van der Waals surface area (Å²) in [5.41, 5.74) is 5.00. The van der Waals surface area contributed by atoms with E-state index in [0.717, 1.165) is 42.5 Å². The van der Waals surface area contributed by atoms with E-state index in [-0.39, 0.29) is 5.56 Å². The Morgan fingerprint density at radius 2 is 1.65 bits per heavy atom. The summed E-state index contributed by atoms with van der Waals surface area (Å²) in [4.78, 5) is 20.0. The number of fused-ring (bicyclic) bond motifs is 1. The molecule has 0 unspecified atom stereocenters. The molecule has 5 nitrogen and oxygen atoms in total. The fourth-order valence-corrected chi connectivity index (χ4v) is 3.72. The minimum Gasteiger partial charge on any atom is -0.343 e. The average molecular weight is 437 g/mol. The van der Waals surface area contributed by atoms with Crippen LogP contribution in [0, 0.1) is 0 Å². The molecule has 0 aliphatic carbocycles. The molecule has 164 valence electrons. The highest BCUT2D eigenvalue weighted by Crippen LogP contribution is 2.16. The van der Waals surface area contributed by atoms with Crippen LogP contribution in [0.15, 0.2) is 53.3 Å². The van der Waals surface area contributed by atoms with E-state index < -0.39 is 0 Å². The standard InChI is InChI=1S/C25H32N4OS/c1-5-18-7-10-22(11-8-18)26-25(31)29(14-13-28(3)4)17-21-16-20-15-19(6-2)9-12-23(20)27-24(21)30/h7-12,15-16H,5-6,13-14,17H2,1-4H3,(H,26,31)(H,27,30). The third kappa shape index (κ3) is 6.15. The molecule has 0 aliphatic rings. The fraction of sp³-hybridized carbons (Fsp3) is 0.360. The summed E-state index contributed by atoms with van der Waals surface area (Å²) in [6.07, 6.45) is 1.97. The summed E-state index contributed by atoms with van der Waals surface area (Å²) in [6.45, 7) is 6.28. The Labute approximate surface area is 190 Å². The first-order valence-electron chi connectivity index (χ1n) is 10.8. The van der Waals surface area contributed by atoms with E-state index in [4.69, 9.17) is 12.2 Å². The van der Waals surface area contributed by atoms with Gasteiger partial charge in [-0.3, -0.25) is 4.79 Å². The maximum absolute atomic E-state index is 12.8. The highest BCUT2D eigenvalue weighted by atomic mass is 32.1. The highest BCUT2D eigenvalue weighted by molar-refractivity contribution is 7.80. The molecule has 3 aromatic rings. The first-order chi connectivity index (χ1) is 14.9. The largest absolute Gasteiger partial charge is 0.343 e. The number of aromatic amines is 1. The second-order valence-corrected chi connectivity index (χ2v) is 8.49. The van der Waals surface area contributed by atoms with Gasteiger partial charge in [0.05, 0.1) is 6.54 Å². The molecule has 1 aromatic heterocycles. The number of thiocarbonyl (C=S) groups is 1. The van der Waals surface area contributed by atoms with Gasteiger partial charge in [0.25, 0.3) is 5.56 Å². The van der Waals surface area contributed by atoms with E-state index in [1.807, 2.05) is 38.4 Å². The lowest BCUT2D eigenvalue weighted by atomic mass is 10.1. The van der Waals surface area contributed by atoms with Crippen LogP contribution in [0.2, 0.25) is 0 Å². The normalized spacial score (nSPS) is 11.1. The third-order valence-corrected chi connectivity index (χ3v) is 5.83. The Balaban J connectivity index is 1.84. The molecule has 2 N–H and O–H groups in total. The summed E-state index contributed by atoms with van der Waals surface area (Å²) in [5.74, 6) is 0. The van der Waals surface area contributed by atoms with Crippen molar-refractivity contribution in [3.63, 3.8) is 0 Å². The first kappa shape index (κ1) is 23.0. The number of likely N-dealkylation sites (N-methyl/N-ethyl adjacent to an activating group) is 1. The van der Waals surface area contributed by atoms with Gasteiger partial charge in [-0.1, -0.05) is 32.0 Å². The Hall–Kier alpha value is -2.70. The van der Waals surface area contributed by atoms with Crippen molar-refractivity contribution in [1.82, 2.24) is 14.8 Å². The second-order valence-electron chi connectivity index (χ2n) is 8.10. The van der Waals surface area contributed by atoms with Crippen molar-refractivity contribution in [3.05, 3.63) is 75.6 Å². The Morgan fingerprint density at radius 1 is 0.968 bits per heavy atom. The van der Waals surface area contributed by atoms with Gasteiger partial charge in [-0.05, 0) is 86.0 Å². The molecule has 31 heavy (non-hydrogen) atoms. The molecule has 0 saturated heterocycles. The molecule has 1 heterocycles. The summed E-state index contributed by atoms with van der Waals surface area (Å²) in [5, 5.41) is 5.01. The molecule has 3 rings (SSSR count). The summed E-state index contributed by atoms with van der Waals surface area (Å²) < 4.78 is 0. The molecule has 0 bridgehead atoms. The summed E-state index contributed by atoms with van der Waals surface area (Å²) >= 11 is 5.73. The third-order valence-electron chi connectivity index (χ3n) is 5.47. The topological polar surface area (TPSA) is 51.4 Å². The molecule has 0 atom stereocenters. The van der Waals surface area contributed by atoms with E-state index >= 15 is 0 Å². The Morgan fingerprint density at radius 3 is 2.29 bits per heavy atom. The molecule has 2 aromatic carbocycles. The number of H-pyrrole nitrogens is 1. The number of nitrogens with zero attached hydrogens (tertiary/aromatic N) is 2. The predicted octanol–water partition coefficient (Wildman–Crippen LogP) is 4.41. The predicted molar refractivity (Wildman–Crippen MR) is 135 cm³/mol. The van der Waals surface area contributed by atoms with Crippen molar-refractivity contribution in [3.8, 4) is 0 Å². The first-order valence-corrected chi connectivity index (χ1v) is 11.2. The fourth-order valence-electron chi connectivity index (χ4n) is 3.44. The van der Waals surface area contributed by atoms with Crippen molar-refractivity contribution in [2.45, 2.75) is 33.2 Å². The van der Waals surface area contributed by atoms with Crippen LogP contribution in [0.5, 0.6) is 0 Å². The van der Waals surface area contributed by atoms with Gasteiger partial charge in [-0.15, -0.1) is 0 Å². The van der Waals surface area contributed by atoms with Crippen molar-refractivity contribution in [1.29, 1.82) is 0 Å². The van der Waals surface area contributed by atoms with E-state index in [9.17, 15) is 4.79 Å². The van der Waals surface area contributed by atoms with Crippen molar-refractivity contribution in [2.75, 3.05) is 32.5 Å². The van der Waals surface area contributed by atoms with Crippen LogP contribution in [0.1, 0.15) is 30.5 Å². The van der Waals surface area contributed by atoms with Gasteiger partial charge in [-0.2, -0.15) is 0 Å². The van der Waals surface area contributed by atoms with Gasteiger partial charge in [0.1, 0.15) is 0 Å². The monoisotopic (exact) mass is 436 g/mol. The molecule has 0 spiro atoms. The van der Waals surface area contributed by atoms with Gasteiger partial charge in [0.15, 0.2) is 5.11 Å². The van der Waals surface area contributed by atoms with Gasteiger partial charge >= 0.3 is 0 Å². The van der Waals surface area contributed by atoms with Crippen LogP contribution in [0.3, 0.4) is 0 Å². The van der Waals surface area contributed by atoms with E-state index in [1.165, 1.54) is 11.1 Å². The summed E-state index contributed by atoms with van der Waals surface area (Å²) in [6, 6.07) is 16.5. The van der Waals surface area contributed by atoms with E-state index in [0.29, 0.717) is 17.2 Å². The lowest BCUT2D eigenvalue weighted by Crippen LogP contribution is -2.40.